The van der Waals surface area contributed by atoms with E-state index in [1.165, 1.54) is 0 Å². The van der Waals surface area contributed by atoms with E-state index in [2.05, 4.69) is 30.8 Å². The Balaban J connectivity index is 1.71. The summed E-state index contributed by atoms with van der Waals surface area (Å²) in [6.45, 7) is 8.43. The van der Waals surface area contributed by atoms with E-state index < -0.39 is 5.91 Å². The minimum absolute atomic E-state index is 0.161. The van der Waals surface area contributed by atoms with Gasteiger partial charge in [0.05, 0.1) is 24.8 Å². The van der Waals surface area contributed by atoms with Gasteiger partial charge in [0.1, 0.15) is 0 Å². The SMILES string of the molecule is CCC(C)(C)N1C2COCC1CC(n1nc(C(N)=O)c3ccccc31)C2. The van der Waals surface area contributed by atoms with E-state index in [0.29, 0.717) is 17.8 Å². The molecule has 2 aliphatic heterocycles. The molecule has 2 bridgehead atoms. The van der Waals surface area contributed by atoms with Crippen molar-refractivity contribution in [3.63, 3.8) is 0 Å². The smallest absolute Gasteiger partial charge is 0.269 e. The van der Waals surface area contributed by atoms with Gasteiger partial charge < -0.3 is 10.5 Å². The Kier molecular flexibility index (Phi) is 4.28. The second-order valence-corrected chi connectivity index (χ2v) is 8.22. The Morgan fingerprint density at radius 3 is 2.50 bits per heavy atom. The number of carbonyl (C=O) groups is 1. The number of nitrogens with zero attached hydrogens (tertiary/aromatic N) is 3. The quantitative estimate of drug-likeness (QED) is 0.914. The maximum Gasteiger partial charge on any atom is 0.269 e. The van der Waals surface area contributed by atoms with E-state index in [1.54, 1.807) is 0 Å². The number of benzene rings is 1. The van der Waals surface area contributed by atoms with Crippen molar-refractivity contribution in [3.05, 3.63) is 30.0 Å². The Morgan fingerprint density at radius 1 is 1.23 bits per heavy atom. The van der Waals surface area contributed by atoms with Gasteiger partial charge in [-0.1, -0.05) is 25.1 Å². The van der Waals surface area contributed by atoms with Gasteiger partial charge in [-0.15, -0.1) is 0 Å². The molecule has 26 heavy (non-hydrogen) atoms. The van der Waals surface area contributed by atoms with Crippen LogP contribution in [0.15, 0.2) is 24.3 Å². The molecule has 0 spiro atoms. The van der Waals surface area contributed by atoms with Gasteiger partial charge in [-0.25, -0.2) is 0 Å². The second kappa shape index (κ2) is 6.35. The van der Waals surface area contributed by atoms with Crippen LogP contribution >= 0.6 is 0 Å². The van der Waals surface area contributed by atoms with Crippen LogP contribution in [-0.2, 0) is 4.74 Å². The molecule has 2 fully saturated rings. The summed E-state index contributed by atoms with van der Waals surface area (Å²) in [6.07, 6.45) is 3.06. The summed E-state index contributed by atoms with van der Waals surface area (Å²) in [4.78, 5) is 14.5. The molecule has 140 valence electrons. The molecule has 6 heteroatoms. The number of ether oxygens (including phenoxy) is 1. The first-order valence-corrected chi connectivity index (χ1v) is 9.55. The number of nitrogens with two attached hydrogens (primary N) is 1. The molecule has 2 aromatic rings. The van der Waals surface area contributed by atoms with Gasteiger partial charge >= 0.3 is 0 Å². The lowest BCUT2D eigenvalue weighted by atomic mass is 9.84. The number of carbonyl (C=O) groups excluding carboxylic acids is 1. The zero-order chi connectivity index (χ0) is 18.5. The number of rotatable bonds is 4. The van der Waals surface area contributed by atoms with Crippen LogP contribution in [0.3, 0.4) is 0 Å². The Bertz CT molecular complexity index is 814. The summed E-state index contributed by atoms with van der Waals surface area (Å²) >= 11 is 0. The fourth-order valence-corrected chi connectivity index (χ4v) is 4.81. The van der Waals surface area contributed by atoms with Gasteiger partial charge in [-0.2, -0.15) is 5.10 Å². The molecular weight excluding hydrogens is 328 g/mol. The first-order chi connectivity index (χ1) is 12.4. The van der Waals surface area contributed by atoms with E-state index in [0.717, 1.165) is 43.4 Å². The highest BCUT2D eigenvalue weighted by molar-refractivity contribution is 6.04. The Morgan fingerprint density at radius 2 is 1.88 bits per heavy atom. The summed E-state index contributed by atoms with van der Waals surface area (Å²) in [7, 11) is 0. The number of fused-ring (bicyclic) bond motifs is 3. The summed E-state index contributed by atoms with van der Waals surface area (Å²) in [5.74, 6) is -0.465. The van der Waals surface area contributed by atoms with E-state index in [4.69, 9.17) is 10.5 Å². The molecule has 6 nitrogen and oxygen atoms in total. The lowest BCUT2D eigenvalue weighted by molar-refractivity contribution is -0.128. The Labute approximate surface area is 154 Å². The number of para-hydroxylation sites is 1. The third-order valence-electron chi connectivity index (χ3n) is 6.25. The number of hydrogen-bond acceptors (Lipinski definition) is 4. The third-order valence-corrected chi connectivity index (χ3v) is 6.25. The van der Waals surface area contributed by atoms with Gasteiger partial charge in [-0.05, 0) is 39.2 Å². The molecule has 0 saturated carbocycles. The maximum absolute atomic E-state index is 11.8. The zero-order valence-electron chi connectivity index (χ0n) is 15.8. The minimum atomic E-state index is -0.465. The van der Waals surface area contributed by atoms with E-state index in [-0.39, 0.29) is 11.6 Å². The average molecular weight is 356 g/mol. The molecule has 1 aromatic carbocycles. The van der Waals surface area contributed by atoms with Crippen molar-refractivity contribution in [2.45, 2.75) is 63.7 Å². The fraction of sp³-hybridized carbons (Fsp3) is 0.600. The van der Waals surface area contributed by atoms with Crippen molar-refractivity contribution in [2.24, 2.45) is 5.73 Å². The number of primary amides is 1. The molecule has 1 amide bonds. The first-order valence-electron chi connectivity index (χ1n) is 9.55. The highest BCUT2D eigenvalue weighted by Crippen LogP contribution is 2.40. The third kappa shape index (κ3) is 2.72. The second-order valence-electron chi connectivity index (χ2n) is 8.22. The van der Waals surface area contributed by atoms with E-state index in [9.17, 15) is 4.79 Å². The lowest BCUT2D eigenvalue weighted by Crippen LogP contribution is -2.64. The van der Waals surface area contributed by atoms with Crippen LogP contribution in [0.4, 0.5) is 0 Å². The van der Waals surface area contributed by atoms with Crippen molar-refractivity contribution >= 4 is 16.8 Å². The van der Waals surface area contributed by atoms with Crippen LogP contribution in [0, 0.1) is 0 Å². The maximum atomic E-state index is 11.8. The van der Waals surface area contributed by atoms with Crippen LogP contribution in [0.5, 0.6) is 0 Å². The molecule has 1 aromatic heterocycles. The molecule has 0 radical (unpaired) electrons. The van der Waals surface area contributed by atoms with Crippen LogP contribution < -0.4 is 5.73 Å². The molecular formula is C20H28N4O2. The van der Waals surface area contributed by atoms with Crippen molar-refractivity contribution in [2.75, 3.05) is 13.2 Å². The topological polar surface area (TPSA) is 73.4 Å². The van der Waals surface area contributed by atoms with Crippen molar-refractivity contribution in [3.8, 4) is 0 Å². The minimum Gasteiger partial charge on any atom is -0.378 e. The average Bonchev–Trinajstić information content (AvgIpc) is 3.00. The van der Waals surface area contributed by atoms with Crippen LogP contribution in [0.2, 0.25) is 0 Å². The molecule has 2 N–H and O–H groups in total. The number of piperidine rings is 1. The molecule has 2 aliphatic rings. The molecule has 4 rings (SSSR count). The van der Waals surface area contributed by atoms with Gasteiger partial charge in [0, 0.05) is 23.0 Å². The normalized spacial score (nSPS) is 27.0. The summed E-state index contributed by atoms with van der Waals surface area (Å²) in [5, 5.41) is 5.48. The molecule has 0 aliphatic carbocycles. The van der Waals surface area contributed by atoms with Crippen LogP contribution in [-0.4, -0.2) is 51.4 Å². The standard InChI is InChI=1S/C20H28N4O2/c1-4-20(2,3)23-14-9-13(10-15(23)12-26-11-14)24-17-8-6-5-7-16(17)18(22-24)19(21)25/h5-8,13-15H,4,9-12H2,1-3H3,(H2,21,25). The monoisotopic (exact) mass is 356 g/mol. The lowest BCUT2D eigenvalue weighted by Gasteiger charge is -2.55. The van der Waals surface area contributed by atoms with Gasteiger partial charge in [0.25, 0.3) is 5.91 Å². The molecule has 3 heterocycles. The van der Waals surface area contributed by atoms with Gasteiger partial charge in [0.15, 0.2) is 5.69 Å². The largest absolute Gasteiger partial charge is 0.378 e. The van der Waals surface area contributed by atoms with Crippen molar-refractivity contribution in [1.29, 1.82) is 0 Å². The molecule has 2 unspecified atom stereocenters. The summed E-state index contributed by atoms with van der Waals surface area (Å²) < 4.78 is 7.91. The highest BCUT2D eigenvalue weighted by atomic mass is 16.5. The van der Waals surface area contributed by atoms with E-state index in [1.807, 2.05) is 28.9 Å². The fourth-order valence-electron chi connectivity index (χ4n) is 4.81. The summed E-state index contributed by atoms with van der Waals surface area (Å²) in [5.41, 5.74) is 7.10. The number of amides is 1. The molecule has 2 saturated heterocycles. The zero-order valence-corrected chi connectivity index (χ0v) is 15.8. The van der Waals surface area contributed by atoms with E-state index >= 15 is 0 Å². The van der Waals surface area contributed by atoms with Crippen LogP contribution in [0.1, 0.15) is 56.6 Å². The number of hydrogen-bond donors (Lipinski definition) is 1. The van der Waals surface area contributed by atoms with Gasteiger partial charge in [-0.3, -0.25) is 14.4 Å². The Hall–Kier alpha value is -1.92. The first kappa shape index (κ1) is 17.5. The van der Waals surface area contributed by atoms with Crippen molar-refractivity contribution in [1.82, 2.24) is 14.7 Å². The van der Waals surface area contributed by atoms with Crippen LogP contribution in [0.25, 0.3) is 10.9 Å². The van der Waals surface area contributed by atoms with Gasteiger partial charge in [0.2, 0.25) is 0 Å². The molecule has 2 atom stereocenters. The van der Waals surface area contributed by atoms with Crippen molar-refractivity contribution < 1.29 is 9.53 Å². The predicted molar refractivity (Wildman–Crippen MR) is 101 cm³/mol. The highest BCUT2D eigenvalue weighted by Gasteiger charge is 2.45. The number of morpholine rings is 1. The summed E-state index contributed by atoms with van der Waals surface area (Å²) in [6, 6.07) is 8.89. The predicted octanol–water partition coefficient (Wildman–Crippen LogP) is 2.73. The number of aromatic nitrogens is 2.